The number of anilines is 2. The molecular weight excluding hydrogens is 378 g/mol. The lowest BCUT2D eigenvalue weighted by Gasteiger charge is -2.13. The second kappa shape index (κ2) is 7.73. The summed E-state index contributed by atoms with van der Waals surface area (Å²) >= 11 is 1.62. The third-order valence-corrected chi connectivity index (χ3v) is 5.45. The van der Waals surface area contributed by atoms with Crippen molar-refractivity contribution in [1.82, 2.24) is 9.97 Å². The molecule has 0 radical (unpaired) electrons. The van der Waals surface area contributed by atoms with Gasteiger partial charge in [0.05, 0.1) is 11.1 Å². The van der Waals surface area contributed by atoms with Gasteiger partial charge in [-0.15, -0.1) is 11.3 Å². The van der Waals surface area contributed by atoms with Crippen LogP contribution in [0.15, 0.2) is 96.6 Å². The molecule has 0 saturated carbocycles. The van der Waals surface area contributed by atoms with Crippen LogP contribution in [0.2, 0.25) is 0 Å². The van der Waals surface area contributed by atoms with E-state index in [2.05, 4.69) is 32.8 Å². The maximum Gasteiger partial charge on any atom is 0.150 e. The number of nitrogens with zero attached hydrogens (tertiary/aromatic N) is 2. The van der Waals surface area contributed by atoms with E-state index in [0.29, 0.717) is 0 Å². The second-order valence-electron chi connectivity index (χ2n) is 6.45. The van der Waals surface area contributed by atoms with Gasteiger partial charge in [-0.3, -0.25) is 0 Å². The van der Waals surface area contributed by atoms with E-state index in [-0.39, 0.29) is 0 Å². The van der Waals surface area contributed by atoms with Crippen LogP contribution in [0.25, 0.3) is 21.3 Å². The molecule has 5 aromatic rings. The average Bonchev–Trinajstić information content (AvgIpc) is 3.22. The Hall–Kier alpha value is -3.70. The summed E-state index contributed by atoms with van der Waals surface area (Å²) < 4.78 is 6.09. The van der Waals surface area contributed by atoms with Crippen LogP contribution in [0.3, 0.4) is 0 Å². The third kappa shape index (κ3) is 3.56. The number of nitrogens with one attached hydrogen (secondary N) is 1. The monoisotopic (exact) mass is 395 g/mol. The van der Waals surface area contributed by atoms with Crippen molar-refractivity contribution in [2.75, 3.05) is 5.32 Å². The van der Waals surface area contributed by atoms with Crippen LogP contribution >= 0.6 is 11.3 Å². The van der Waals surface area contributed by atoms with Crippen LogP contribution in [0.4, 0.5) is 11.5 Å². The number of hydrogen-bond acceptors (Lipinski definition) is 5. The summed E-state index contributed by atoms with van der Waals surface area (Å²) in [5, 5.41) is 6.61. The van der Waals surface area contributed by atoms with E-state index < -0.39 is 0 Å². The summed E-state index contributed by atoms with van der Waals surface area (Å²) in [6.45, 7) is 0. The summed E-state index contributed by atoms with van der Waals surface area (Å²) in [6.07, 6.45) is 1.59. The predicted octanol–water partition coefficient (Wildman–Crippen LogP) is 6.89. The number of benzene rings is 3. The smallest absolute Gasteiger partial charge is 0.150 e. The largest absolute Gasteiger partial charge is 0.455 e. The molecule has 4 nitrogen and oxygen atoms in total. The van der Waals surface area contributed by atoms with Crippen molar-refractivity contribution in [1.29, 1.82) is 0 Å². The van der Waals surface area contributed by atoms with Gasteiger partial charge in [-0.1, -0.05) is 60.7 Å². The van der Waals surface area contributed by atoms with Crippen LogP contribution in [0.5, 0.6) is 11.5 Å². The maximum atomic E-state index is 6.09. The Morgan fingerprint density at radius 1 is 0.759 bits per heavy atom. The summed E-state index contributed by atoms with van der Waals surface area (Å²) in [7, 11) is 0. The van der Waals surface area contributed by atoms with E-state index in [1.54, 1.807) is 17.7 Å². The molecular formula is C24H17N3OS. The molecule has 0 fully saturated rings. The molecule has 29 heavy (non-hydrogen) atoms. The zero-order valence-corrected chi connectivity index (χ0v) is 16.3. The molecule has 2 heterocycles. The molecule has 0 amide bonds. The number of thiophene rings is 1. The first-order valence-corrected chi connectivity index (χ1v) is 10.1. The Balaban J connectivity index is 1.56. The maximum absolute atomic E-state index is 6.09. The first kappa shape index (κ1) is 17.4. The van der Waals surface area contributed by atoms with Crippen LogP contribution < -0.4 is 10.1 Å². The predicted molar refractivity (Wildman–Crippen MR) is 119 cm³/mol. The number of fused-ring (bicyclic) bond motifs is 1. The van der Waals surface area contributed by atoms with E-state index in [9.17, 15) is 0 Å². The van der Waals surface area contributed by atoms with E-state index in [0.717, 1.165) is 44.3 Å². The van der Waals surface area contributed by atoms with Crippen molar-refractivity contribution in [3.63, 3.8) is 0 Å². The zero-order chi connectivity index (χ0) is 19.5. The highest BCUT2D eigenvalue weighted by Crippen LogP contribution is 2.39. The lowest BCUT2D eigenvalue weighted by molar-refractivity contribution is 0.485. The quantitative estimate of drug-likeness (QED) is 0.352. The normalized spacial score (nSPS) is 10.8. The Morgan fingerprint density at radius 3 is 2.31 bits per heavy atom. The molecule has 0 aliphatic rings. The SMILES string of the molecule is c1ccc(Oc2ccccc2Nc2ncnc3scc(-c4ccccc4)c23)cc1. The molecule has 0 bridgehead atoms. The minimum Gasteiger partial charge on any atom is -0.455 e. The highest BCUT2D eigenvalue weighted by molar-refractivity contribution is 7.17. The van der Waals surface area contributed by atoms with Gasteiger partial charge in [0.25, 0.3) is 0 Å². The van der Waals surface area contributed by atoms with Crippen LogP contribution in [-0.4, -0.2) is 9.97 Å². The Morgan fingerprint density at radius 2 is 1.48 bits per heavy atom. The zero-order valence-electron chi connectivity index (χ0n) is 15.4. The van der Waals surface area contributed by atoms with Gasteiger partial charge in [-0.25, -0.2) is 9.97 Å². The Labute approximate surface area is 172 Å². The summed E-state index contributed by atoms with van der Waals surface area (Å²) in [4.78, 5) is 9.94. The Bertz CT molecular complexity index is 1250. The fourth-order valence-corrected chi connectivity index (χ4v) is 4.12. The van der Waals surface area contributed by atoms with Gasteiger partial charge in [-0.05, 0) is 29.8 Å². The fourth-order valence-electron chi connectivity index (χ4n) is 3.20. The van der Waals surface area contributed by atoms with Gasteiger partial charge in [0, 0.05) is 10.9 Å². The number of hydrogen-bond donors (Lipinski definition) is 1. The molecule has 0 aliphatic heterocycles. The minimum atomic E-state index is 0.738. The summed E-state index contributed by atoms with van der Waals surface area (Å²) in [6, 6.07) is 27.9. The van der Waals surface area contributed by atoms with Crippen LogP contribution in [0.1, 0.15) is 0 Å². The van der Waals surface area contributed by atoms with E-state index in [1.165, 1.54) is 0 Å². The van der Waals surface area contributed by atoms with Crippen molar-refractivity contribution in [2.24, 2.45) is 0 Å². The summed E-state index contributed by atoms with van der Waals surface area (Å²) in [5.41, 5.74) is 3.11. The first-order chi connectivity index (χ1) is 14.4. The highest BCUT2D eigenvalue weighted by Gasteiger charge is 2.14. The van der Waals surface area contributed by atoms with E-state index in [4.69, 9.17) is 4.74 Å². The third-order valence-electron chi connectivity index (χ3n) is 4.57. The van der Waals surface area contributed by atoms with Crippen molar-refractivity contribution in [3.8, 4) is 22.6 Å². The van der Waals surface area contributed by atoms with Crippen molar-refractivity contribution in [2.45, 2.75) is 0 Å². The number of rotatable bonds is 5. The topological polar surface area (TPSA) is 47.0 Å². The fraction of sp³-hybridized carbons (Fsp3) is 0. The number of para-hydroxylation sites is 3. The number of ether oxygens (including phenoxy) is 1. The van der Waals surface area contributed by atoms with Gasteiger partial charge in [0.2, 0.25) is 0 Å². The molecule has 1 N–H and O–H groups in total. The molecule has 0 spiro atoms. The molecule has 0 unspecified atom stereocenters. The lowest BCUT2D eigenvalue weighted by Crippen LogP contribution is -1.98. The van der Waals surface area contributed by atoms with Gasteiger partial charge in [0.15, 0.2) is 5.75 Å². The molecule has 0 atom stereocenters. The molecule has 3 aromatic carbocycles. The van der Waals surface area contributed by atoms with Crippen molar-refractivity contribution < 1.29 is 4.74 Å². The average molecular weight is 395 g/mol. The van der Waals surface area contributed by atoms with Gasteiger partial charge >= 0.3 is 0 Å². The summed E-state index contributed by atoms with van der Waals surface area (Å²) in [5.74, 6) is 2.29. The van der Waals surface area contributed by atoms with Crippen LogP contribution in [0, 0.1) is 0 Å². The van der Waals surface area contributed by atoms with E-state index in [1.807, 2.05) is 72.8 Å². The Kier molecular flexibility index (Phi) is 4.64. The molecule has 2 aromatic heterocycles. The molecule has 0 aliphatic carbocycles. The molecule has 5 rings (SSSR count). The van der Waals surface area contributed by atoms with E-state index >= 15 is 0 Å². The van der Waals surface area contributed by atoms with Gasteiger partial charge < -0.3 is 10.1 Å². The minimum absolute atomic E-state index is 0.738. The highest BCUT2D eigenvalue weighted by atomic mass is 32.1. The molecule has 140 valence electrons. The second-order valence-corrected chi connectivity index (χ2v) is 7.31. The molecule has 5 heteroatoms. The van der Waals surface area contributed by atoms with Gasteiger partial charge in [-0.2, -0.15) is 0 Å². The first-order valence-electron chi connectivity index (χ1n) is 9.25. The van der Waals surface area contributed by atoms with Crippen molar-refractivity contribution >= 4 is 33.1 Å². The lowest BCUT2D eigenvalue weighted by atomic mass is 10.1. The molecule has 0 saturated heterocycles. The number of aromatic nitrogens is 2. The van der Waals surface area contributed by atoms with Crippen molar-refractivity contribution in [3.05, 3.63) is 96.6 Å². The standard InChI is InChI=1S/C24H17N3OS/c1-3-9-17(10-4-1)19-15-29-24-22(19)23(25-16-26-24)27-20-13-7-8-14-21(20)28-18-11-5-2-6-12-18/h1-16H,(H,25,26,27). The van der Waals surface area contributed by atoms with Crippen LogP contribution in [-0.2, 0) is 0 Å². The van der Waals surface area contributed by atoms with Gasteiger partial charge in [0.1, 0.15) is 22.7 Å².